The van der Waals surface area contributed by atoms with Crippen LogP contribution in [0.2, 0.25) is 0 Å². The van der Waals surface area contributed by atoms with Crippen molar-refractivity contribution in [3.63, 3.8) is 0 Å². The summed E-state index contributed by atoms with van der Waals surface area (Å²) < 4.78 is 9.48. The molecule has 0 bridgehead atoms. The smallest absolute Gasteiger partial charge is 0.509 e. The summed E-state index contributed by atoms with van der Waals surface area (Å²) in [6, 6.07) is 50.5. The molecule has 0 fully saturated rings. The molecule has 8 aromatic rings. The van der Waals surface area contributed by atoms with Crippen molar-refractivity contribution in [2.45, 2.75) is 176 Å². The van der Waals surface area contributed by atoms with Gasteiger partial charge in [0.15, 0.2) is 0 Å². The second kappa shape index (κ2) is 20.0. The van der Waals surface area contributed by atoms with Crippen molar-refractivity contribution in [1.29, 1.82) is 0 Å². The summed E-state index contributed by atoms with van der Waals surface area (Å²) in [5, 5.41) is 2.33. The molecule has 0 radical (unpaired) electrons. The number of hydrogen-bond donors (Lipinski definition) is 0. The first-order valence-electron chi connectivity index (χ1n) is 26.8. The third-order valence-corrected chi connectivity index (χ3v) is 15.2. The molecule has 0 aliphatic carbocycles. The van der Waals surface area contributed by atoms with Crippen LogP contribution in [0.4, 0.5) is 22.7 Å². The topological polar surface area (TPSA) is 33.5 Å². The fourth-order valence-electron chi connectivity index (χ4n) is 10.6. The number of nitrogens with zero attached hydrogens (tertiary/aromatic N) is 4. The molecule has 6 heteroatoms. The predicted molar refractivity (Wildman–Crippen MR) is 321 cm³/mol. The van der Waals surface area contributed by atoms with Crippen molar-refractivity contribution in [2.24, 2.45) is 0 Å². The Kier molecular flexibility index (Phi) is 15.3. The van der Waals surface area contributed by atoms with Crippen LogP contribution >= 0.6 is 0 Å². The van der Waals surface area contributed by atoms with E-state index in [0.717, 1.165) is 50.6 Å². The van der Waals surface area contributed by atoms with Gasteiger partial charge < -0.3 is 26.5 Å². The zero-order valence-electron chi connectivity index (χ0n) is 49.6. The Bertz CT molecular complexity index is 3430. The van der Waals surface area contributed by atoms with Gasteiger partial charge in [-0.15, -0.1) is 53.8 Å². The number of aromatic nitrogens is 2. The van der Waals surface area contributed by atoms with Crippen molar-refractivity contribution in [2.75, 3.05) is 9.80 Å². The van der Waals surface area contributed by atoms with Gasteiger partial charge in [0.1, 0.15) is 5.82 Å². The van der Waals surface area contributed by atoms with E-state index in [2.05, 4.69) is 287 Å². The summed E-state index contributed by atoms with van der Waals surface area (Å²) in [4.78, 5) is 9.79. The Labute approximate surface area is 472 Å². The Morgan fingerprint density at radius 3 is 1.57 bits per heavy atom. The molecule has 6 aromatic carbocycles. The number of anilines is 4. The van der Waals surface area contributed by atoms with Crippen molar-refractivity contribution in [1.82, 2.24) is 9.55 Å². The van der Waals surface area contributed by atoms with Crippen LogP contribution < -0.4 is 14.5 Å². The van der Waals surface area contributed by atoms with E-state index in [0.29, 0.717) is 11.5 Å². The summed E-state index contributed by atoms with van der Waals surface area (Å²) in [5.41, 5.74) is 15.3. The molecule has 1 aliphatic rings. The van der Waals surface area contributed by atoms with Gasteiger partial charge in [0, 0.05) is 45.7 Å². The van der Waals surface area contributed by atoms with Crippen LogP contribution in [0.3, 0.4) is 0 Å². The number of pyridine rings is 1. The second-order valence-electron chi connectivity index (χ2n) is 27.7. The number of benzene rings is 6. The van der Waals surface area contributed by atoms with Crippen molar-refractivity contribution in [3.8, 4) is 17.3 Å². The average molecular weight is 1190 g/mol. The van der Waals surface area contributed by atoms with Crippen LogP contribution in [0, 0.1) is 26.2 Å². The van der Waals surface area contributed by atoms with Crippen LogP contribution in [0.1, 0.15) is 183 Å². The number of para-hydroxylation sites is 1. The van der Waals surface area contributed by atoms with Gasteiger partial charge in [-0.3, -0.25) is 0 Å². The zero-order chi connectivity index (χ0) is 53.9. The van der Waals surface area contributed by atoms with E-state index < -0.39 is 0 Å². The summed E-state index contributed by atoms with van der Waals surface area (Å²) in [7, 11) is 0. The maximum absolute atomic E-state index is 7.21. The van der Waals surface area contributed by atoms with Gasteiger partial charge in [-0.05, 0) is 114 Å². The second-order valence-corrected chi connectivity index (χ2v) is 27.7. The predicted octanol–water partition coefficient (Wildman–Crippen LogP) is 19.5. The summed E-state index contributed by atoms with van der Waals surface area (Å²) >= 11 is 0. The molecule has 2 aromatic heterocycles. The first-order chi connectivity index (χ1) is 34.2. The molecule has 5 nitrogen and oxygen atoms in total. The Morgan fingerprint density at radius 2 is 0.987 bits per heavy atom. The van der Waals surface area contributed by atoms with E-state index in [4.69, 9.17) is 9.72 Å². The Morgan fingerprint density at radius 1 is 0.461 bits per heavy atom. The van der Waals surface area contributed by atoms with E-state index in [1.165, 1.54) is 44.3 Å². The fourth-order valence-corrected chi connectivity index (χ4v) is 10.6. The first kappa shape index (κ1) is 58.0. The molecule has 0 unspecified atom stereocenters. The Balaban J connectivity index is 0.00000420. The van der Waals surface area contributed by atoms with Gasteiger partial charge >= 0.3 is 21.1 Å². The molecule has 3 heterocycles. The van der Waals surface area contributed by atoms with Crippen LogP contribution in [0.25, 0.3) is 27.6 Å². The minimum Gasteiger partial charge on any atom is -0.509 e. The van der Waals surface area contributed by atoms with E-state index >= 15 is 0 Å². The van der Waals surface area contributed by atoms with Crippen LogP contribution in [-0.2, 0) is 59.0 Å². The molecular weight excluding hydrogens is 1110 g/mol. The van der Waals surface area contributed by atoms with Gasteiger partial charge in [0.25, 0.3) is 0 Å². The largest absolute Gasteiger partial charge is 4.00 e. The van der Waals surface area contributed by atoms with E-state index in [1.54, 1.807) is 0 Å². The first-order valence-corrected chi connectivity index (χ1v) is 26.8. The van der Waals surface area contributed by atoms with Crippen molar-refractivity contribution >= 4 is 44.6 Å². The quantitative estimate of drug-likeness (QED) is 0.149. The molecule has 1 aliphatic heterocycles. The van der Waals surface area contributed by atoms with E-state index in [9.17, 15) is 0 Å². The number of ether oxygens (including phenoxy) is 1. The summed E-state index contributed by atoms with van der Waals surface area (Å²) in [6.07, 6.45) is 1.94. The van der Waals surface area contributed by atoms with Crippen molar-refractivity contribution < 1.29 is 25.8 Å². The monoisotopic (exact) mass is 1190 g/mol. The molecule has 0 saturated carbocycles. The number of rotatable bonds is 7. The maximum Gasteiger partial charge on any atom is 4.00 e. The molecule has 0 N–H and O–H groups in total. The minimum absolute atomic E-state index is 0. The van der Waals surface area contributed by atoms with Gasteiger partial charge in [-0.1, -0.05) is 204 Å². The fraction of sp³-hybridized carbons (Fsp3) is 0.386. The number of fused-ring (bicyclic) bond motifs is 4. The molecule has 76 heavy (non-hydrogen) atoms. The van der Waals surface area contributed by atoms with Crippen LogP contribution in [0.5, 0.6) is 11.5 Å². The number of hydrogen-bond acceptors (Lipinski definition) is 4. The third-order valence-electron chi connectivity index (χ3n) is 15.2. The molecule has 0 saturated heterocycles. The standard InChI is InChI=1S/C69H81N4O.CH3.Pt/c1-63(2,3)45-30-31-70-61(37-45)73-57-29-25-24-28-53(57)62-56(68(16,17)18)39-52(40-60(62)73)74-51-36-47(65(7,8)9)34-50(38-51)72-43-71(58-41-54(66(10,11)12)55(42-59(58)72)67(13,14)15)49-33-46(64(4,5)6)32-48(35-49)69(19,20)44-26-22-21-23-27-44;;/h21-37,39,41-43H,1-20H3;1H3;/q-3;-1;+4. The van der Waals surface area contributed by atoms with Gasteiger partial charge in [-0.25, -0.2) is 4.98 Å². The molecule has 400 valence electrons. The molecule has 0 amide bonds. The average Bonchev–Trinajstić information content (AvgIpc) is 3.85. The van der Waals surface area contributed by atoms with Crippen LogP contribution in [-0.4, -0.2) is 9.55 Å². The molecule has 0 atom stereocenters. The van der Waals surface area contributed by atoms with Gasteiger partial charge in [0.2, 0.25) is 0 Å². The molecular formula is C70H84N4OPt. The third kappa shape index (κ3) is 11.1. The van der Waals surface area contributed by atoms with E-state index in [1.807, 2.05) is 6.20 Å². The minimum atomic E-state index is -0.249. The van der Waals surface area contributed by atoms with E-state index in [-0.39, 0.29) is 66.4 Å². The summed E-state index contributed by atoms with van der Waals surface area (Å²) in [6.45, 7) is 48.4. The maximum atomic E-state index is 7.21. The molecule has 9 rings (SSSR count). The van der Waals surface area contributed by atoms with Gasteiger partial charge in [-0.2, -0.15) is 0 Å². The normalized spacial score (nSPS) is 13.7. The Hall–Kier alpha value is -5.64. The van der Waals surface area contributed by atoms with Crippen molar-refractivity contribution in [3.05, 3.63) is 192 Å². The SMILES string of the molecule is CC(C)(C)c1cc(Oc2[c-]c3c(c(C(C)(C)C)c2)c2ccccc2n3-c2cc(C(C)(C)C)ccn2)[c-]c(N2[CH-]N(c3cc(C(C)(C)C)cc(C(C)(C)c4ccccc4)c3)c3cc(C(C)(C)C)c(C(C)(C)C)cc32)c1.[CH3-].[Pt+4]. The van der Waals surface area contributed by atoms with Gasteiger partial charge in [0.05, 0.1) is 0 Å². The summed E-state index contributed by atoms with van der Waals surface area (Å²) in [5.74, 6) is 2.13. The molecule has 0 spiro atoms. The zero-order valence-corrected chi connectivity index (χ0v) is 51.9. The van der Waals surface area contributed by atoms with Crippen LogP contribution in [0.15, 0.2) is 121 Å².